The van der Waals surface area contributed by atoms with Crippen LogP contribution in [0.5, 0.6) is 0 Å². The van der Waals surface area contributed by atoms with Gasteiger partial charge in [0.1, 0.15) is 5.69 Å². The number of carbonyl (C=O) groups excluding carboxylic acids is 2. The number of nitrogens with zero attached hydrogens (tertiary/aromatic N) is 3. The summed E-state index contributed by atoms with van der Waals surface area (Å²) in [6.45, 7) is 6.46. The first-order valence-electron chi connectivity index (χ1n) is 13.3. The molecule has 2 aliphatic rings. The van der Waals surface area contributed by atoms with E-state index in [0.29, 0.717) is 11.4 Å². The van der Waals surface area contributed by atoms with Gasteiger partial charge < -0.3 is 21.1 Å². The second-order valence-corrected chi connectivity index (χ2v) is 9.65. The van der Waals surface area contributed by atoms with Crippen LogP contribution in [0.25, 0.3) is 0 Å². The Morgan fingerprint density at radius 3 is 2.51 bits per heavy atom. The number of pyridine rings is 1. The number of para-hydroxylation sites is 2. The molecule has 2 aromatic rings. The molecule has 3 heterocycles. The van der Waals surface area contributed by atoms with Crippen molar-refractivity contribution in [1.29, 1.82) is 0 Å². The van der Waals surface area contributed by atoms with E-state index >= 15 is 0 Å². The molecule has 10 heteroatoms. The standard InChI is InChI=1S/C27H39N7O3/c28-22-8-3-4-10-24(22)30-26(35)25-12-11-21(20-29-25)23(31-27(36)32-34-14-6-7-15-34)9-2-1-5-13-33-16-18-37-19-17-33/h3-4,8,10-12,20,23H,1-2,5-7,9,13-19,28H2,(H,30,35)(H2,31,32,36). The summed E-state index contributed by atoms with van der Waals surface area (Å²) in [5.74, 6) is -0.330. The van der Waals surface area contributed by atoms with Gasteiger partial charge in [-0.1, -0.05) is 31.0 Å². The van der Waals surface area contributed by atoms with Gasteiger partial charge in [0.15, 0.2) is 0 Å². The number of nitrogens with one attached hydrogen (secondary N) is 3. The van der Waals surface area contributed by atoms with Crippen molar-refractivity contribution in [3.05, 3.63) is 53.9 Å². The molecule has 10 nitrogen and oxygen atoms in total. The number of amides is 3. The average molecular weight is 510 g/mol. The van der Waals surface area contributed by atoms with Crippen LogP contribution in [0.4, 0.5) is 16.2 Å². The van der Waals surface area contributed by atoms with Gasteiger partial charge in [-0.3, -0.25) is 20.1 Å². The topological polar surface area (TPSA) is 125 Å². The molecule has 1 aromatic carbocycles. The van der Waals surface area contributed by atoms with E-state index in [1.54, 1.807) is 24.4 Å². The quantitative estimate of drug-likeness (QED) is 0.271. The van der Waals surface area contributed by atoms with Crippen molar-refractivity contribution in [3.63, 3.8) is 0 Å². The minimum Gasteiger partial charge on any atom is -0.397 e. The summed E-state index contributed by atoms with van der Waals surface area (Å²) in [6.07, 6.45) is 7.84. The summed E-state index contributed by atoms with van der Waals surface area (Å²) in [7, 11) is 0. The lowest BCUT2D eigenvalue weighted by Gasteiger charge is -2.26. The highest BCUT2D eigenvalue weighted by molar-refractivity contribution is 6.04. The Bertz CT molecular complexity index is 1010. The first-order valence-corrected chi connectivity index (χ1v) is 13.3. The average Bonchev–Trinajstić information content (AvgIpc) is 3.43. The highest BCUT2D eigenvalue weighted by Gasteiger charge is 2.19. The van der Waals surface area contributed by atoms with Gasteiger partial charge in [0.2, 0.25) is 0 Å². The molecule has 1 unspecified atom stereocenters. The van der Waals surface area contributed by atoms with Crippen molar-refractivity contribution in [3.8, 4) is 0 Å². The van der Waals surface area contributed by atoms with E-state index < -0.39 is 0 Å². The summed E-state index contributed by atoms with van der Waals surface area (Å²) in [5.41, 5.74) is 11.1. The number of anilines is 2. The van der Waals surface area contributed by atoms with Gasteiger partial charge in [-0.05, 0) is 56.0 Å². The molecule has 2 saturated heterocycles. The predicted octanol–water partition coefficient (Wildman–Crippen LogP) is 3.16. The molecule has 0 saturated carbocycles. The summed E-state index contributed by atoms with van der Waals surface area (Å²) >= 11 is 0. The predicted molar refractivity (Wildman–Crippen MR) is 144 cm³/mol. The van der Waals surface area contributed by atoms with E-state index in [1.807, 2.05) is 23.2 Å². The van der Waals surface area contributed by atoms with Gasteiger partial charge >= 0.3 is 6.03 Å². The number of hydrogen-bond donors (Lipinski definition) is 4. The number of benzene rings is 1. The third kappa shape index (κ3) is 8.41. The maximum atomic E-state index is 12.7. The molecule has 1 aromatic heterocycles. The molecule has 2 fully saturated rings. The van der Waals surface area contributed by atoms with Gasteiger partial charge in [0, 0.05) is 32.4 Å². The molecule has 0 aliphatic carbocycles. The van der Waals surface area contributed by atoms with E-state index in [9.17, 15) is 9.59 Å². The van der Waals surface area contributed by atoms with Crippen molar-refractivity contribution in [2.75, 3.05) is 57.0 Å². The van der Waals surface area contributed by atoms with Crippen molar-refractivity contribution in [2.45, 2.75) is 44.6 Å². The Morgan fingerprint density at radius 1 is 1.00 bits per heavy atom. The van der Waals surface area contributed by atoms with Crippen LogP contribution in [0.15, 0.2) is 42.6 Å². The van der Waals surface area contributed by atoms with Crippen molar-refractivity contribution in [2.24, 2.45) is 0 Å². The summed E-state index contributed by atoms with van der Waals surface area (Å²) in [5, 5.41) is 7.87. The van der Waals surface area contributed by atoms with Gasteiger partial charge in [-0.25, -0.2) is 9.80 Å². The molecule has 0 spiro atoms. The lowest BCUT2D eigenvalue weighted by molar-refractivity contribution is 0.0371. The number of ether oxygens (including phenoxy) is 1. The Labute approximate surface area is 218 Å². The van der Waals surface area contributed by atoms with E-state index in [1.165, 1.54) is 0 Å². The minimum absolute atomic E-state index is 0.194. The van der Waals surface area contributed by atoms with Gasteiger partial charge in [-0.2, -0.15) is 0 Å². The van der Waals surface area contributed by atoms with Gasteiger partial charge in [0.05, 0.1) is 30.6 Å². The minimum atomic E-state index is -0.330. The third-order valence-electron chi connectivity index (χ3n) is 6.87. The van der Waals surface area contributed by atoms with E-state index in [-0.39, 0.29) is 23.7 Å². The van der Waals surface area contributed by atoms with Crippen LogP contribution in [-0.2, 0) is 4.74 Å². The Morgan fingerprint density at radius 2 is 1.78 bits per heavy atom. The molecule has 0 radical (unpaired) electrons. The number of rotatable bonds is 11. The largest absolute Gasteiger partial charge is 0.397 e. The van der Waals surface area contributed by atoms with Gasteiger partial charge in [0.25, 0.3) is 5.91 Å². The molecule has 5 N–H and O–H groups in total. The normalized spacial score (nSPS) is 17.3. The SMILES string of the molecule is Nc1ccccc1NC(=O)c1ccc(C(CCCCCN2CCOCC2)NC(=O)NN2CCCC2)cn1. The monoisotopic (exact) mass is 509 g/mol. The number of urea groups is 1. The molecule has 1 atom stereocenters. The summed E-state index contributed by atoms with van der Waals surface area (Å²) in [6, 6.07) is 10.3. The van der Waals surface area contributed by atoms with Crippen molar-refractivity contribution >= 4 is 23.3 Å². The van der Waals surface area contributed by atoms with Crippen LogP contribution in [0.1, 0.15) is 60.6 Å². The molecule has 200 valence electrons. The highest BCUT2D eigenvalue weighted by atomic mass is 16.5. The molecule has 4 rings (SSSR count). The first kappa shape index (κ1) is 26.8. The molecule has 0 bridgehead atoms. The Hall–Kier alpha value is -3.21. The van der Waals surface area contributed by atoms with Crippen molar-refractivity contribution < 1.29 is 14.3 Å². The van der Waals surface area contributed by atoms with Crippen LogP contribution < -0.4 is 21.8 Å². The number of aromatic nitrogens is 1. The highest BCUT2D eigenvalue weighted by Crippen LogP contribution is 2.21. The first-order chi connectivity index (χ1) is 18.1. The van der Waals surface area contributed by atoms with E-state index in [4.69, 9.17) is 10.5 Å². The summed E-state index contributed by atoms with van der Waals surface area (Å²) in [4.78, 5) is 32.2. The van der Waals surface area contributed by atoms with Crippen LogP contribution >= 0.6 is 0 Å². The molecular weight excluding hydrogens is 470 g/mol. The Kier molecular flexibility index (Phi) is 10.1. The fourth-order valence-corrected chi connectivity index (χ4v) is 4.71. The second-order valence-electron chi connectivity index (χ2n) is 9.65. The molecule has 3 amide bonds. The van der Waals surface area contributed by atoms with Gasteiger partial charge in [-0.15, -0.1) is 0 Å². The van der Waals surface area contributed by atoms with E-state index in [2.05, 4.69) is 25.9 Å². The molecule has 37 heavy (non-hydrogen) atoms. The lowest BCUT2D eigenvalue weighted by atomic mass is 10.0. The number of unbranched alkanes of at least 4 members (excludes halogenated alkanes) is 2. The Balaban J connectivity index is 1.33. The smallest absolute Gasteiger partial charge is 0.329 e. The fourth-order valence-electron chi connectivity index (χ4n) is 4.71. The van der Waals surface area contributed by atoms with Crippen LogP contribution in [0.3, 0.4) is 0 Å². The zero-order chi connectivity index (χ0) is 25.9. The maximum absolute atomic E-state index is 12.7. The van der Waals surface area contributed by atoms with Crippen LogP contribution in [-0.4, -0.2) is 72.8 Å². The number of morpholine rings is 1. The second kappa shape index (κ2) is 13.9. The maximum Gasteiger partial charge on any atom is 0.329 e. The van der Waals surface area contributed by atoms with Crippen LogP contribution in [0, 0.1) is 0 Å². The summed E-state index contributed by atoms with van der Waals surface area (Å²) < 4.78 is 5.42. The number of hydrogen-bond acceptors (Lipinski definition) is 7. The molecular formula is C27H39N7O3. The number of hydrazine groups is 1. The van der Waals surface area contributed by atoms with Crippen molar-refractivity contribution in [1.82, 2.24) is 25.6 Å². The lowest BCUT2D eigenvalue weighted by Crippen LogP contribution is -2.46. The number of carbonyl (C=O) groups is 2. The fraction of sp³-hybridized carbons (Fsp3) is 0.519. The number of nitrogens with two attached hydrogens (primary N) is 1. The number of nitrogen functional groups attached to an aromatic ring is 1. The third-order valence-corrected chi connectivity index (χ3v) is 6.87. The zero-order valence-corrected chi connectivity index (χ0v) is 21.5. The molecule has 2 aliphatic heterocycles. The van der Waals surface area contributed by atoms with Crippen LogP contribution in [0.2, 0.25) is 0 Å². The zero-order valence-electron chi connectivity index (χ0n) is 21.5. The van der Waals surface area contributed by atoms with E-state index in [0.717, 1.165) is 90.0 Å².